The zero-order chi connectivity index (χ0) is 17.3. The summed E-state index contributed by atoms with van der Waals surface area (Å²) in [6.45, 7) is 8.11. The number of nitrogens with zero attached hydrogens (tertiary/aromatic N) is 3. The van der Waals surface area contributed by atoms with E-state index in [9.17, 15) is 0 Å². The minimum Gasteiger partial charge on any atom is -0.356 e. The summed E-state index contributed by atoms with van der Waals surface area (Å²) >= 11 is 1.87. The molecular formula is C19H34IN5S. The van der Waals surface area contributed by atoms with Gasteiger partial charge in [0.25, 0.3) is 0 Å². The molecule has 2 N–H and O–H groups in total. The summed E-state index contributed by atoms with van der Waals surface area (Å²) in [5.41, 5.74) is 0. The Hall–Kier alpha value is -0.380. The largest absolute Gasteiger partial charge is 0.356 e. The number of thiophene rings is 1. The van der Waals surface area contributed by atoms with Crippen LogP contribution in [-0.4, -0.2) is 68.6 Å². The number of likely N-dealkylation sites (tertiary alicyclic amines) is 2. The van der Waals surface area contributed by atoms with Crippen molar-refractivity contribution in [2.24, 2.45) is 4.99 Å². The first kappa shape index (κ1) is 21.9. The van der Waals surface area contributed by atoms with E-state index < -0.39 is 0 Å². The number of hydrogen-bond donors (Lipinski definition) is 2. The Morgan fingerprint density at radius 1 is 1.15 bits per heavy atom. The van der Waals surface area contributed by atoms with Crippen LogP contribution in [0.1, 0.15) is 43.0 Å². The van der Waals surface area contributed by atoms with Gasteiger partial charge in [0.1, 0.15) is 0 Å². The van der Waals surface area contributed by atoms with Crippen molar-refractivity contribution in [2.75, 3.05) is 52.9 Å². The molecule has 2 fully saturated rings. The molecular weight excluding hydrogens is 457 g/mol. The number of aliphatic imine (C=N–C) groups is 1. The Balaban J connectivity index is 0.00000243. The van der Waals surface area contributed by atoms with Crippen LogP contribution < -0.4 is 10.6 Å². The molecule has 0 amide bonds. The van der Waals surface area contributed by atoms with Crippen LogP contribution in [0.5, 0.6) is 0 Å². The van der Waals surface area contributed by atoms with E-state index in [0.29, 0.717) is 6.04 Å². The fourth-order valence-corrected chi connectivity index (χ4v) is 4.73. The van der Waals surface area contributed by atoms with Crippen LogP contribution in [0.25, 0.3) is 0 Å². The van der Waals surface area contributed by atoms with Gasteiger partial charge < -0.3 is 15.5 Å². The molecule has 2 aliphatic rings. The van der Waals surface area contributed by atoms with Crippen molar-refractivity contribution in [1.82, 2.24) is 20.4 Å². The van der Waals surface area contributed by atoms with E-state index in [2.05, 4.69) is 42.9 Å². The predicted octanol–water partition coefficient (Wildman–Crippen LogP) is 3.15. The van der Waals surface area contributed by atoms with Crippen molar-refractivity contribution in [3.8, 4) is 0 Å². The Morgan fingerprint density at radius 3 is 2.54 bits per heavy atom. The Labute approximate surface area is 179 Å². The van der Waals surface area contributed by atoms with E-state index in [1.165, 1.54) is 69.7 Å². The van der Waals surface area contributed by atoms with Gasteiger partial charge >= 0.3 is 0 Å². The highest BCUT2D eigenvalue weighted by Gasteiger charge is 2.24. The van der Waals surface area contributed by atoms with E-state index in [1.54, 1.807) is 0 Å². The maximum Gasteiger partial charge on any atom is 0.191 e. The third kappa shape index (κ3) is 6.65. The normalized spacial score (nSPS) is 20.1. The smallest absolute Gasteiger partial charge is 0.191 e. The molecule has 0 radical (unpaired) electrons. The maximum absolute atomic E-state index is 4.40. The molecule has 26 heavy (non-hydrogen) atoms. The first-order valence-corrected chi connectivity index (χ1v) is 10.7. The standard InChI is InChI=1S/C19H33N5S.HI/c1-20-19(21-9-7-12-23-10-2-3-11-23)22-16-17(18-8-6-15-25-18)24-13-4-5-14-24;/h6,8,15,17H,2-5,7,9-14,16H2,1H3,(H2,20,21,22);1H. The second-order valence-corrected chi connectivity index (χ2v) is 8.04. The van der Waals surface area contributed by atoms with Crippen molar-refractivity contribution in [3.63, 3.8) is 0 Å². The van der Waals surface area contributed by atoms with Gasteiger partial charge in [-0.1, -0.05) is 6.07 Å². The molecule has 1 aromatic rings. The number of hydrogen-bond acceptors (Lipinski definition) is 4. The molecule has 2 aliphatic heterocycles. The first-order chi connectivity index (χ1) is 12.4. The molecule has 1 aromatic heterocycles. The van der Waals surface area contributed by atoms with E-state index in [1.807, 2.05) is 18.4 Å². The van der Waals surface area contributed by atoms with Crippen molar-refractivity contribution >= 4 is 41.3 Å². The first-order valence-electron chi connectivity index (χ1n) is 9.81. The average molecular weight is 491 g/mol. The van der Waals surface area contributed by atoms with Crippen molar-refractivity contribution in [1.29, 1.82) is 0 Å². The van der Waals surface area contributed by atoms with Gasteiger partial charge in [0.15, 0.2) is 5.96 Å². The Bertz CT molecular complexity index is 510. The molecule has 0 aliphatic carbocycles. The minimum atomic E-state index is 0. The van der Waals surface area contributed by atoms with E-state index >= 15 is 0 Å². The molecule has 7 heteroatoms. The van der Waals surface area contributed by atoms with Crippen molar-refractivity contribution in [2.45, 2.75) is 38.1 Å². The molecule has 1 atom stereocenters. The van der Waals surface area contributed by atoms with Crippen LogP contribution in [0, 0.1) is 0 Å². The summed E-state index contributed by atoms with van der Waals surface area (Å²) in [5, 5.41) is 9.22. The quantitative estimate of drug-likeness (QED) is 0.254. The molecule has 2 saturated heterocycles. The van der Waals surface area contributed by atoms with Gasteiger partial charge in [-0.05, 0) is 76.3 Å². The van der Waals surface area contributed by atoms with Crippen molar-refractivity contribution in [3.05, 3.63) is 22.4 Å². The lowest BCUT2D eigenvalue weighted by Gasteiger charge is -2.27. The van der Waals surface area contributed by atoms with Gasteiger partial charge in [-0.25, -0.2) is 0 Å². The van der Waals surface area contributed by atoms with Crippen LogP contribution >= 0.6 is 35.3 Å². The average Bonchev–Trinajstić information content (AvgIpc) is 3.40. The van der Waals surface area contributed by atoms with Crippen molar-refractivity contribution < 1.29 is 0 Å². The second kappa shape index (κ2) is 12.2. The highest BCUT2D eigenvalue weighted by atomic mass is 127. The van der Waals surface area contributed by atoms with E-state index in [-0.39, 0.29) is 24.0 Å². The lowest BCUT2D eigenvalue weighted by molar-refractivity contribution is 0.249. The Kier molecular flexibility index (Phi) is 10.2. The second-order valence-electron chi connectivity index (χ2n) is 7.06. The van der Waals surface area contributed by atoms with E-state index in [0.717, 1.165) is 19.0 Å². The zero-order valence-electron chi connectivity index (χ0n) is 16.0. The van der Waals surface area contributed by atoms with Gasteiger partial charge in [-0.3, -0.25) is 9.89 Å². The summed E-state index contributed by atoms with van der Waals surface area (Å²) in [6.07, 6.45) is 6.58. The lowest BCUT2D eigenvalue weighted by atomic mass is 10.2. The summed E-state index contributed by atoms with van der Waals surface area (Å²) < 4.78 is 0. The highest BCUT2D eigenvalue weighted by Crippen LogP contribution is 2.27. The zero-order valence-corrected chi connectivity index (χ0v) is 19.1. The molecule has 0 aromatic carbocycles. The monoisotopic (exact) mass is 491 g/mol. The van der Waals surface area contributed by atoms with Crippen LogP contribution in [0.2, 0.25) is 0 Å². The van der Waals surface area contributed by atoms with Gasteiger partial charge in [0.05, 0.1) is 6.04 Å². The lowest BCUT2D eigenvalue weighted by Crippen LogP contribution is -2.43. The molecule has 0 spiro atoms. The summed E-state index contributed by atoms with van der Waals surface area (Å²) in [6, 6.07) is 4.89. The fraction of sp³-hybridized carbons (Fsp3) is 0.737. The molecule has 5 nitrogen and oxygen atoms in total. The minimum absolute atomic E-state index is 0. The van der Waals surface area contributed by atoms with Gasteiger partial charge in [0, 0.05) is 25.0 Å². The fourth-order valence-electron chi connectivity index (χ4n) is 3.87. The number of halogens is 1. The maximum atomic E-state index is 4.40. The predicted molar refractivity (Wildman–Crippen MR) is 123 cm³/mol. The highest BCUT2D eigenvalue weighted by molar-refractivity contribution is 14.0. The number of nitrogens with one attached hydrogen (secondary N) is 2. The summed E-state index contributed by atoms with van der Waals surface area (Å²) in [7, 11) is 1.87. The SMILES string of the molecule is CN=C(NCCCN1CCCC1)NCC(c1cccs1)N1CCCC1.I. The van der Waals surface area contributed by atoms with Gasteiger partial charge in [0.2, 0.25) is 0 Å². The summed E-state index contributed by atoms with van der Waals surface area (Å²) in [4.78, 5) is 11.0. The molecule has 3 rings (SSSR count). The molecule has 1 unspecified atom stereocenters. The van der Waals surface area contributed by atoms with Crippen LogP contribution in [0.15, 0.2) is 22.5 Å². The van der Waals surface area contributed by atoms with Crippen LogP contribution in [0.3, 0.4) is 0 Å². The van der Waals surface area contributed by atoms with Crippen LogP contribution in [0.4, 0.5) is 0 Å². The molecule has 148 valence electrons. The Morgan fingerprint density at radius 2 is 1.88 bits per heavy atom. The van der Waals surface area contributed by atoms with Crippen LogP contribution in [-0.2, 0) is 0 Å². The van der Waals surface area contributed by atoms with Gasteiger partial charge in [-0.2, -0.15) is 0 Å². The topological polar surface area (TPSA) is 42.9 Å². The summed E-state index contributed by atoms with van der Waals surface area (Å²) in [5.74, 6) is 0.933. The molecule has 0 saturated carbocycles. The molecule has 3 heterocycles. The third-order valence-corrected chi connectivity index (χ3v) is 6.26. The third-order valence-electron chi connectivity index (χ3n) is 5.28. The molecule has 0 bridgehead atoms. The number of rotatable bonds is 8. The number of guanidine groups is 1. The van der Waals surface area contributed by atoms with E-state index in [4.69, 9.17) is 0 Å². The van der Waals surface area contributed by atoms with Gasteiger partial charge in [-0.15, -0.1) is 35.3 Å².